The molecule has 0 aliphatic heterocycles. The van der Waals surface area contributed by atoms with E-state index in [2.05, 4.69) is 0 Å². The number of phenolic OH excluding ortho intramolecular Hbond substituents is 1. The van der Waals surface area contributed by atoms with Crippen molar-refractivity contribution in [3.8, 4) is 28.4 Å². The van der Waals surface area contributed by atoms with Crippen molar-refractivity contribution in [1.82, 2.24) is 0 Å². The van der Waals surface area contributed by atoms with E-state index in [9.17, 15) is 40.2 Å². The number of hydrogen-bond donors (Lipinski definition) is 2. The average Bonchev–Trinajstić information content (AvgIpc) is 2.69. The van der Waals surface area contributed by atoms with Gasteiger partial charge in [-0.2, -0.15) is 4.39 Å². The molecule has 3 aromatic rings. The number of nitrogen functional groups attached to an aromatic ring is 1. The summed E-state index contributed by atoms with van der Waals surface area (Å²) in [6, 6.07) is 2.66. The molecule has 0 saturated heterocycles. The molecule has 0 unspecified atom stereocenters. The van der Waals surface area contributed by atoms with Gasteiger partial charge in [-0.3, -0.25) is 0 Å². The van der Waals surface area contributed by atoms with Crippen molar-refractivity contribution in [2.45, 2.75) is 0 Å². The number of nitrogens with two attached hydrogens (primary N) is 1. The summed E-state index contributed by atoms with van der Waals surface area (Å²) >= 11 is 0. The minimum atomic E-state index is -2.43. The highest BCUT2D eigenvalue weighted by Gasteiger charge is 2.32. The summed E-state index contributed by atoms with van der Waals surface area (Å²) in [5, 5.41) is 9.35. The highest BCUT2D eigenvalue weighted by atomic mass is 19.2. The second-order valence-corrected chi connectivity index (χ2v) is 5.63. The number of halogens is 8. The monoisotopic (exact) mass is 421 g/mol. The van der Waals surface area contributed by atoms with Gasteiger partial charge in [-0.1, -0.05) is 0 Å². The Bertz CT molecular complexity index is 1150. The Balaban J connectivity index is 2.34. The Morgan fingerprint density at radius 1 is 0.690 bits per heavy atom. The van der Waals surface area contributed by atoms with Crippen LogP contribution in [0.2, 0.25) is 0 Å². The van der Waals surface area contributed by atoms with Crippen molar-refractivity contribution in [3.05, 3.63) is 70.8 Å². The maximum Gasteiger partial charge on any atom is 0.205 e. The molecule has 0 fully saturated rings. The van der Waals surface area contributed by atoms with Gasteiger partial charge in [-0.05, 0) is 18.2 Å². The van der Waals surface area contributed by atoms with Crippen molar-refractivity contribution in [1.29, 1.82) is 0 Å². The lowest BCUT2D eigenvalue weighted by Crippen LogP contribution is -2.07. The SMILES string of the molecule is Nc1cc(Oc2c(F)c(F)c(F)c(F)c2-c2cc(F)c(F)c(F)c2F)ccc1O. The molecule has 0 aliphatic carbocycles. The zero-order valence-corrected chi connectivity index (χ0v) is 13.8. The maximum atomic E-state index is 14.3. The van der Waals surface area contributed by atoms with Crippen LogP contribution in [-0.4, -0.2) is 5.11 Å². The lowest BCUT2D eigenvalue weighted by Gasteiger charge is -2.16. The first-order valence-corrected chi connectivity index (χ1v) is 7.50. The number of phenols is 1. The van der Waals surface area contributed by atoms with Gasteiger partial charge in [0.1, 0.15) is 11.5 Å². The highest BCUT2D eigenvalue weighted by Crippen LogP contribution is 2.43. The van der Waals surface area contributed by atoms with E-state index in [-0.39, 0.29) is 11.8 Å². The summed E-state index contributed by atoms with van der Waals surface area (Å²) in [5.74, 6) is -20.5. The van der Waals surface area contributed by atoms with E-state index in [1.165, 1.54) is 0 Å². The van der Waals surface area contributed by atoms with E-state index >= 15 is 0 Å². The summed E-state index contributed by atoms with van der Waals surface area (Å²) in [5.41, 5.74) is 2.05. The molecule has 29 heavy (non-hydrogen) atoms. The van der Waals surface area contributed by atoms with Crippen LogP contribution in [0.4, 0.5) is 40.8 Å². The maximum absolute atomic E-state index is 14.3. The van der Waals surface area contributed by atoms with Gasteiger partial charge in [-0.15, -0.1) is 0 Å². The van der Waals surface area contributed by atoms with Gasteiger partial charge in [0.25, 0.3) is 0 Å². The van der Waals surface area contributed by atoms with Crippen LogP contribution < -0.4 is 10.5 Å². The minimum Gasteiger partial charge on any atom is -0.506 e. The van der Waals surface area contributed by atoms with Gasteiger partial charge in [0, 0.05) is 11.6 Å². The molecule has 3 nitrogen and oxygen atoms in total. The molecule has 0 spiro atoms. The molecule has 152 valence electrons. The molecular formula is C18H7F8NO2. The number of rotatable bonds is 3. The summed E-state index contributed by atoms with van der Waals surface area (Å²) in [4.78, 5) is 0. The third-order valence-corrected chi connectivity index (χ3v) is 3.81. The van der Waals surface area contributed by atoms with E-state index < -0.39 is 74.9 Å². The van der Waals surface area contributed by atoms with Crippen LogP contribution in [0.5, 0.6) is 17.2 Å². The van der Waals surface area contributed by atoms with Crippen LogP contribution in [0.1, 0.15) is 0 Å². The quantitative estimate of drug-likeness (QED) is 0.192. The fourth-order valence-electron chi connectivity index (χ4n) is 2.42. The largest absolute Gasteiger partial charge is 0.506 e. The standard InChI is InChI=1S/C18H7F8NO2/c19-7-4-6(11(20)14(23)12(7)21)10-13(22)15(24)16(25)17(26)18(10)29-5-1-2-9(28)8(27)3-5/h1-4,28H,27H2. The Morgan fingerprint density at radius 3 is 1.90 bits per heavy atom. The first-order valence-electron chi connectivity index (χ1n) is 7.50. The van der Waals surface area contributed by atoms with Crippen LogP contribution in [0, 0.1) is 46.5 Å². The van der Waals surface area contributed by atoms with Crippen molar-refractivity contribution in [3.63, 3.8) is 0 Å². The van der Waals surface area contributed by atoms with Crippen molar-refractivity contribution >= 4 is 5.69 Å². The van der Waals surface area contributed by atoms with E-state index in [0.29, 0.717) is 0 Å². The third-order valence-electron chi connectivity index (χ3n) is 3.81. The summed E-state index contributed by atoms with van der Waals surface area (Å²) < 4.78 is 115. The zero-order chi connectivity index (χ0) is 21.6. The Morgan fingerprint density at radius 2 is 1.28 bits per heavy atom. The number of ether oxygens (including phenoxy) is 1. The van der Waals surface area contributed by atoms with Crippen molar-refractivity contribution < 1.29 is 45.0 Å². The van der Waals surface area contributed by atoms with Crippen LogP contribution in [0.3, 0.4) is 0 Å². The summed E-state index contributed by atoms with van der Waals surface area (Å²) in [6.45, 7) is 0. The fraction of sp³-hybridized carbons (Fsp3) is 0. The molecular weight excluding hydrogens is 414 g/mol. The van der Waals surface area contributed by atoms with E-state index in [0.717, 1.165) is 18.2 Å². The predicted molar refractivity (Wildman–Crippen MR) is 84.1 cm³/mol. The highest BCUT2D eigenvalue weighted by molar-refractivity contribution is 5.73. The molecule has 0 heterocycles. The van der Waals surface area contributed by atoms with Crippen LogP contribution in [-0.2, 0) is 0 Å². The molecule has 3 rings (SSSR count). The van der Waals surface area contributed by atoms with E-state index in [1.54, 1.807) is 0 Å². The Kier molecular flexibility index (Phi) is 4.99. The van der Waals surface area contributed by atoms with E-state index in [1.807, 2.05) is 0 Å². The van der Waals surface area contributed by atoms with E-state index in [4.69, 9.17) is 10.5 Å². The van der Waals surface area contributed by atoms with Gasteiger partial charge in [-0.25, -0.2) is 30.7 Å². The molecule has 11 heteroatoms. The first kappa shape index (κ1) is 20.2. The smallest absolute Gasteiger partial charge is 0.205 e. The van der Waals surface area contributed by atoms with Gasteiger partial charge in [0.2, 0.25) is 11.6 Å². The predicted octanol–water partition coefficient (Wildman–Crippen LogP) is 5.55. The van der Waals surface area contributed by atoms with Crippen molar-refractivity contribution in [2.75, 3.05) is 5.73 Å². The lowest BCUT2D eigenvalue weighted by molar-refractivity contribution is 0.372. The molecule has 0 aromatic heterocycles. The lowest BCUT2D eigenvalue weighted by atomic mass is 10.0. The fourth-order valence-corrected chi connectivity index (χ4v) is 2.42. The molecule has 0 bridgehead atoms. The normalized spacial score (nSPS) is 11.0. The zero-order valence-electron chi connectivity index (χ0n) is 13.8. The van der Waals surface area contributed by atoms with Crippen LogP contribution in [0.25, 0.3) is 11.1 Å². The first-order chi connectivity index (χ1) is 13.5. The molecule has 3 N–H and O–H groups in total. The minimum absolute atomic E-state index is 0.0824. The number of benzene rings is 3. The second-order valence-electron chi connectivity index (χ2n) is 5.63. The molecule has 0 aliphatic rings. The Hall–Kier alpha value is -3.50. The molecule has 0 saturated carbocycles. The molecule has 3 aromatic carbocycles. The summed E-state index contributed by atoms with van der Waals surface area (Å²) in [6.07, 6.45) is 0. The summed E-state index contributed by atoms with van der Waals surface area (Å²) in [7, 11) is 0. The molecule has 0 radical (unpaired) electrons. The van der Waals surface area contributed by atoms with Crippen LogP contribution >= 0.6 is 0 Å². The Labute approximate surface area is 156 Å². The molecule has 0 atom stereocenters. The van der Waals surface area contributed by atoms with Gasteiger partial charge < -0.3 is 15.6 Å². The second kappa shape index (κ2) is 7.15. The topological polar surface area (TPSA) is 55.5 Å². The number of anilines is 1. The van der Waals surface area contributed by atoms with Gasteiger partial charge in [0.15, 0.2) is 40.7 Å². The molecule has 0 amide bonds. The average molecular weight is 421 g/mol. The van der Waals surface area contributed by atoms with Gasteiger partial charge >= 0.3 is 0 Å². The third kappa shape index (κ3) is 3.28. The number of hydrogen-bond acceptors (Lipinski definition) is 3. The number of aromatic hydroxyl groups is 1. The van der Waals surface area contributed by atoms with Crippen LogP contribution in [0.15, 0.2) is 24.3 Å². The van der Waals surface area contributed by atoms with Gasteiger partial charge in [0.05, 0.1) is 11.3 Å². The van der Waals surface area contributed by atoms with Crippen molar-refractivity contribution in [2.24, 2.45) is 0 Å².